The van der Waals surface area contributed by atoms with Crippen LogP contribution in [0.25, 0.3) is 0 Å². The van der Waals surface area contributed by atoms with Crippen molar-refractivity contribution < 1.29 is 0 Å². The van der Waals surface area contributed by atoms with E-state index in [1.54, 1.807) is 5.57 Å². The molecule has 0 aromatic heterocycles. The fourth-order valence-corrected chi connectivity index (χ4v) is 3.49. The Balaban J connectivity index is 2.29. The quantitative estimate of drug-likeness (QED) is 0.542. The molecule has 15 heavy (non-hydrogen) atoms. The molecular formula is C15H24. The Kier molecular flexibility index (Phi) is 2.79. The molecule has 0 amide bonds. The average molecular weight is 204 g/mol. The van der Waals surface area contributed by atoms with E-state index in [0.717, 1.165) is 5.92 Å². The predicted octanol–water partition coefficient (Wildman–Crippen LogP) is 4.73. The van der Waals surface area contributed by atoms with Crippen LogP contribution in [-0.4, -0.2) is 0 Å². The van der Waals surface area contributed by atoms with E-state index in [1.807, 2.05) is 0 Å². The van der Waals surface area contributed by atoms with E-state index in [0.29, 0.717) is 11.3 Å². The largest absolute Gasteiger partial charge is 0.0995 e. The van der Waals surface area contributed by atoms with Crippen molar-refractivity contribution in [3.05, 3.63) is 23.8 Å². The lowest BCUT2D eigenvalue weighted by Crippen LogP contribution is -2.32. The molecule has 0 heteroatoms. The first-order chi connectivity index (χ1) is 7.03. The summed E-state index contributed by atoms with van der Waals surface area (Å²) in [5, 5.41) is 0. The molecule has 2 aliphatic rings. The van der Waals surface area contributed by atoms with Crippen molar-refractivity contribution in [2.45, 2.75) is 52.9 Å². The molecule has 0 aromatic rings. The van der Waals surface area contributed by atoms with Crippen LogP contribution in [0.3, 0.4) is 0 Å². The second-order valence-corrected chi connectivity index (χ2v) is 5.97. The zero-order chi connectivity index (χ0) is 11.1. The Morgan fingerprint density at radius 2 is 2.13 bits per heavy atom. The second-order valence-electron chi connectivity index (χ2n) is 5.97. The van der Waals surface area contributed by atoms with Gasteiger partial charge in [-0.2, -0.15) is 0 Å². The van der Waals surface area contributed by atoms with Gasteiger partial charge < -0.3 is 0 Å². The molecule has 2 aliphatic carbocycles. The molecule has 0 heterocycles. The van der Waals surface area contributed by atoms with Gasteiger partial charge in [-0.1, -0.05) is 44.1 Å². The summed E-state index contributed by atoms with van der Waals surface area (Å²) in [6.45, 7) is 11.2. The van der Waals surface area contributed by atoms with E-state index < -0.39 is 0 Å². The molecule has 2 rings (SSSR count). The van der Waals surface area contributed by atoms with Crippen LogP contribution in [-0.2, 0) is 0 Å². The first kappa shape index (κ1) is 11.0. The van der Waals surface area contributed by atoms with Gasteiger partial charge in [0.25, 0.3) is 0 Å². The number of allylic oxidation sites excluding steroid dienone is 3. The second kappa shape index (κ2) is 3.81. The van der Waals surface area contributed by atoms with Crippen LogP contribution in [0, 0.1) is 17.3 Å². The van der Waals surface area contributed by atoms with E-state index in [1.165, 1.54) is 37.7 Å². The van der Waals surface area contributed by atoms with Crippen LogP contribution in [0.1, 0.15) is 52.9 Å². The van der Waals surface area contributed by atoms with Gasteiger partial charge in [0.2, 0.25) is 0 Å². The number of fused-ring (bicyclic) bond motifs is 1. The maximum Gasteiger partial charge on any atom is -0.00254 e. The molecular weight excluding hydrogens is 180 g/mol. The predicted molar refractivity (Wildman–Crippen MR) is 66.7 cm³/mol. The molecule has 0 aromatic carbocycles. The third-order valence-corrected chi connectivity index (χ3v) is 4.61. The van der Waals surface area contributed by atoms with Crippen LogP contribution in [0.15, 0.2) is 23.8 Å². The summed E-state index contributed by atoms with van der Waals surface area (Å²) in [4.78, 5) is 0. The van der Waals surface area contributed by atoms with Crippen LogP contribution < -0.4 is 0 Å². The van der Waals surface area contributed by atoms with E-state index >= 15 is 0 Å². The van der Waals surface area contributed by atoms with Gasteiger partial charge in [-0.15, -0.1) is 0 Å². The first-order valence-electron chi connectivity index (χ1n) is 6.40. The van der Waals surface area contributed by atoms with Gasteiger partial charge in [0.1, 0.15) is 0 Å². The first-order valence-corrected chi connectivity index (χ1v) is 6.40. The SMILES string of the molecule is C=C(C)C1C=C2C(C)CCCC2(C)CC1. The molecule has 3 atom stereocenters. The Hall–Kier alpha value is -0.520. The normalized spacial score (nSPS) is 40.6. The molecule has 0 N–H and O–H groups in total. The Labute approximate surface area is 94.5 Å². The molecule has 84 valence electrons. The van der Waals surface area contributed by atoms with Gasteiger partial charge in [-0.25, -0.2) is 0 Å². The molecule has 0 radical (unpaired) electrons. The van der Waals surface area contributed by atoms with E-state index in [-0.39, 0.29) is 0 Å². The van der Waals surface area contributed by atoms with Crippen molar-refractivity contribution in [2.75, 3.05) is 0 Å². The molecule has 1 fully saturated rings. The van der Waals surface area contributed by atoms with Crippen LogP contribution in [0.4, 0.5) is 0 Å². The van der Waals surface area contributed by atoms with Crippen molar-refractivity contribution in [1.29, 1.82) is 0 Å². The molecule has 1 saturated carbocycles. The average Bonchev–Trinajstić information content (AvgIpc) is 2.17. The van der Waals surface area contributed by atoms with Crippen molar-refractivity contribution >= 4 is 0 Å². The molecule has 0 aliphatic heterocycles. The summed E-state index contributed by atoms with van der Waals surface area (Å²) in [6, 6.07) is 0. The van der Waals surface area contributed by atoms with Gasteiger partial charge >= 0.3 is 0 Å². The van der Waals surface area contributed by atoms with Crippen LogP contribution >= 0.6 is 0 Å². The van der Waals surface area contributed by atoms with Crippen molar-refractivity contribution in [3.8, 4) is 0 Å². The lowest BCUT2D eigenvalue weighted by atomic mass is 9.60. The topological polar surface area (TPSA) is 0 Å². The minimum Gasteiger partial charge on any atom is -0.0995 e. The maximum atomic E-state index is 4.12. The highest BCUT2D eigenvalue weighted by Crippen LogP contribution is 2.51. The summed E-state index contributed by atoms with van der Waals surface area (Å²) in [5.74, 6) is 1.47. The summed E-state index contributed by atoms with van der Waals surface area (Å²) in [5.41, 5.74) is 3.62. The highest BCUT2D eigenvalue weighted by molar-refractivity contribution is 5.26. The van der Waals surface area contributed by atoms with Gasteiger partial charge in [0, 0.05) is 0 Å². The Bertz CT molecular complexity index is 297. The zero-order valence-electron chi connectivity index (χ0n) is 10.5. The highest BCUT2D eigenvalue weighted by atomic mass is 14.4. The number of hydrogen-bond donors (Lipinski definition) is 0. The maximum absolute atomic E-state index is 4.12. The van der Waals surface area contributed by atoms with Crippen molar-refractivity contribution in [3.63, 3.8) is 0 Å². The summed E-state index contributed by atoms with van der Waals surface area (Å²) < 4.78 is 0. The molecule has 0 saturated heterocycles. The Morgan fingerprint density at radius 1 is 1.40 bits per heavy atom. The molecule has 0 spiro atoms. The summed E-state index contributed by atoms with van der Waals surface area (Å²) in [6.07, 6.45) is 9.47. The van der Waals surface area contributed by atoms with Gasteiger partial charge in [0.05, 0.1) is 0 Å². The van der Waals surface area contributed by atoms with Crippen molar-refractivity contribution in [1.82, 2.24) is 0 Å². The Morgan fingerprint density at radius 3 is 2.80 bits per heavy atom. The minimum atomic E-state index is 0.531. The van der Waals surface area contributed by atoms with Crippen molar-refractivity contribution in [2.24, 2.45) is 17.3 Å². The minimum absolute atomic E-state index is 0.531. The fourth-order valence-electron chi connectivity index (χ4n) is 3.49. The summed E-state index contributed by atoms with van der Waals surface area (Å²) >= 11 is 0. The van der Waals surface area contributed by atoms with E-state index in [2.05, 4.69) is 33.4 Å². The van der Waals surface area contributed by atoms with Gasteiger partial charge in [0.15, 0.2) is 0 Å². The smallest absolute Gasteiger partial charge is 0.00254 e. The summed E-state index contributed by atoms with van der Waals surface area (Å²) in [7, 11) is 0. The van der Waals surface area contributed by atoms with Gasteiger partial charge in [-0.05, 0) is 49.9 Å². The monoisotopic (exact) mass is 204 g/mol. The molecule has 0 nitrogen and oxygen atoms in total. The standard InChI is InChI=1S/C15H24/c1-11(2)13-7-9-15(4)8-5-6-12(3)14(15)10-13/h10,12-13H,1,5-9H2,2-4H3. The fraction of sp³-hybridized carbons (Fsp3) is 0.733. The highest BCUT2D eigenvalue weighted by Gasteiger charge is 2.38. The van der Waals surface area contributed by atoms with Crippen LogP contribution in [0.2, 0.25) is 0 Å². The molecule has 3 unspecified atom stereocenters. The number of hydrogen-bond acceptors (Lipinski definition) is 0. The third-order valence-electron chi connectivity index (χ3n) is 4.61. The van der Waals surface area contributed by atoms with E-state index in [4.69, 9.17) is 0 Å². The van der Waals surface area contributed by atoms with Crippen LogP contribution in [0.5, 0.6) is 0 Å². The lowest BCUT2D eigenvalue weighted by molar-refractivity contribution is 0.218. The zero-order valence-corrected chi connectivity index (χ0v) is 10.5. The third kappa shape index (κ3) is 1.91. The van der Waals surface area contributed by atoms with Gasteiger partial charge in [-0.3, -0.25) is 0 Å². The molecule has 0 bridgehead atoms. The lowest BCUT2D eigenvalue weighted by Gasteiger charge is -2.44. The van der Waals surface area contributed by atoms with E-state index in [9.17, 15) is 0 Å². The number of rotatable bonds is 1.